The summed E-state index contributed by atoms with van der Waals surface area (Å²) in [6.45, 7) is 4.46. The van der Waals surface area contributed by atoms with Gasteiger partial charge in [-0.1, -0.05) is 0 Å². The van der Waals surface area contributed by atoms with E-state index < -0.39 is 0 Å². The molecule has 0 unspecified atom stereocenters. The van der Waals surface area contributed by atoms with E-state index in [9.17, 15) is 14.0 Å². The quantitative estimate of drug-likeness (QED) is 0.793. The highest BCUT2D eigenvalue weighted by molar-refractivity contribution is 5.97. The first-order valence-corrected chi connectivity index (χ1v) is 7.91. The van der Waals surface area contributed by atoms with Crippen LogP contribution < -0.4 is 0 Å². The number of aromatic amines is 1. The van der Waals surface area contributed by atoms with Gasteiger partial charge in [-0.2, -0.15) is 5.10 Å². The normalized spacial score (nSPS) is 10.7. The maximum Gasteiger partial charge on any atom is 0.222 e. The molecule has 2 rings (SSSR count). The predicted molar refractivity (Wildman–Crippen MR) is 89.4 cm³/mol. The number of aryl methyl sites for hydroxylation is 2. The van der Waals surface area contributed by atoms with Gasteiger partial charge in [0.2, 0.25) is 5.91 Å². The van der Waals surface area contributed by atoms with Crippen LogP contribution >= 0.6 is 0 Å². The fourth-order valence-corrected chi connectivity index (χ4v) is 2.54. The molecule has 0 saturated carbocycles. The van der Waals surface area contributed by atoms with Crippen LogP contribution in [0.25, 0.3) is 0 Å². The van der Waals surface area contributed by atoms with Crippen LogP contribution in [0.4, 0.5) is 4.39 Å². The third-order valence-corrected chi connectivity index (χ3v) is 4.14. The monoisotopic (exact) mass is 331 g/mol. The average molecular weight is 331 g/mol. The molecule has 0 aliphatic heterocycles. The van der Waals surface area contributed by atoms with Gasteiger partial charge in [-0.05, 0) is 50.1 Å². The van der Waals surface area contributed by atoms with Gasteiger partial charge in [0.25, 0.3) is 0 Å². The van der Waals surface area contributed by atoms with Gasteiger partial charge in [0, 0.05) is 37.7 Å². The zero-order chi connectivity index (χ0) is 17.7. The minimum absolute atomic E-state index is 0.0794. The number of nitrogens with one attached hydrogen (secondary N) is 1. The van der Waals surface area contributed by atoms with E-state index in [0.717, 1.165) is 23.4 Å². The van der Waals surface area contributed by atoms with E-state index in [0.29, 0.717) is 12.1 Å². The number of amides is 1. The third-order valence-electron chi connectivity index (χ3n) is 4.14. The van der Waals surface area contributed by atoms with Crippen molar-refractivity contribution in [2.24, 2.45) is 0 Å². The maximum absolute atomic E-state index is 12.8. The van der Waals surface area contributed by atoms with Crippen molar-refractivity contribution in [2.75, 3.05) is 13.6 Å². The first-order valence-electron chi connectivity index (χ1n) is 7.91. The van der Waals surface area contributed by atoms with Crippen LogP contribution in [0.5, 0.6) is 0 Å². The first kappa shape index (κ1) is 17.8. The lowest BCUT2D eigenvalue weighted by atomic mass is 10.1. The zero-order valence-corrected chi connectivity index (χ0v) is 14.2. The SMILES string of the molecule is Cc1n[nH]c(C)c1CCN(C)C(=O)CCC(=O)c1ccc(F)cc1. The van der Waals surface area contributed by atoms with Gasteiger partial charge in [0.15, 0.2) is 5.78 Å². The summed E-state index contributed by atoms with van der Waals surface area (Å²) in [5, 5.41) is 7.07. The summed E-state index contributed by atoms with van der Waals surface area (Å²) < 4.78 is 12.8. The lowest BCUT2D eigenvalue weighted by molar-refractivity contribution is -0.129. The van der Waals surface area contributed by atoms with Gasteiger partial charge in [0.05, 0.1) is 5.69 Å². The summed E-state index contributed by atoms with van der Waals surface area (Å²) in [6.07, 6.45) is 0.997. The minimum Gasteiger partial charge on any atom is -0.345 e. The van der Waals surface area contributed by atoms with Crippen LogP contribution in [0.1, 0.15) is 40.2 Å². The van der Waals surface area contributed by atoms with Crippen molar-refractivity contribution in [3.05, 3.63) is 52.6 Å². The third kappa shape index (κ3) is 4.50. The van der Waals surface area contributed by atoms with Crippen molar-refractivity contribution in [1.29, 1.82) is 0 Å². The zero-order valence-electron chi connectivity index (χ0n) is 14.2. The molecule has 0 aliphatic carbocycles. The van der Waals surface area contributed by atoms with Gasteiger partial charge in [-0.15, -0.1) is 0 Å². The smallest absolute Gasteiger partial charge is 0.222 e. The standard InChI is InChI=1S/C18H22FN3O2/c1-12-16(13(2)21-20-12)10-11-22(3)18(24)9-8-17(23)14-4-6-15(19)7-5-14/h4-7H,8-11H2,1-3H3,(H,20,21). The van der Waals surface area contributed by atoms with Crippen molar-refractivity contribution in [2.45, 2.75) is 33.1 Å². The number of nitrogens with zero attached hydrogens (tertiary/aromatic N) is 2. The van der Waals surface area contributed by atoms with Crippen LogP contribution in [0, 0.1) is 19.7 Å². The number of likely N-dealkylation sites (N-methyl/N-ethyl adjacent to an activating group) is 1. The molecule has 1 N–H and O–H groups in total. The summed E-state index contributed by atoms with van der Waals surface area (Å²) >= 11 is 0. The van der Waals surface area contributed by atoms with E-state index in [1.165, 1.54) is 24.3 Å². The number of ketones is 1. The number of hydrogen-bond donors (Lipinski definition) is 1. The number of carbonyl (C=O) groups excluding carboxylic acids is 2. The van der Waals surface area contributed by atoms with Crippen LogP contribution in [0.3, 0.4) is 0 Å². The number of H-pyrrole nitrogens is 1. The molecular formula is C18H22FN3O2. The van der Waals surface area contributed by atoms with Crippen molar-refractivity contribution in [3.63, 3.8) is 0 Å². The van der Waals surface area contributed by atoms with Gasteiger partial charge >= 0.3 is 0 Å². The van der Waals surface area contributed by atoms with Crippen molar-refractivity contribution < 1.29 is 14.0 Å². The average Bonchev–Trinajstić information content (AvgIpc) is 2.89. The van der Waals surface area contributed by atoms with Gasteiger partial charge in [-0.3, -0.25) is 14.7 Å². The molecule has 6 heteroatoms. The summed E-state index contributed by atoms with van der Waals surface area (Å²) in [4.78, 5) is 25.8. The maximum atomic E-state index is 12.8. The van der Waals surface area contributed by atoms with Crippen LogP contribution in [-0.4, -0.2) is 40.4 Å². The molecule has 24 heavy (non-hydrogen) atoms. The lowest BCUT2D eigenvalue weighted by Crippen LogP contribution is -2.29. The molecule has 0 aliphatic rings. The van der Waals surface area contributed by atoms with E-state index in [-0.39, 0.29) is 30.3 Å². The Bertz CT molecular complexity index is 703. The molecule has 2 aromatic rings. The van der Waals surface area contributed by atoms with Gasteiger partial charge < -0.3 is 4.90 Å². The molecule has 1 heterocycles. The highest BCUT2D eigenvalue weighted by atomic mass is 19.1. The van der Waals surface area contributed by atoms with E-state index in [2.05, 4.69) is 10.2 Å². The van der Waals surface area contributed by atoms with Crippen LogP contribution in [-0.2, 0) is 11.2 Å². The topological polar surface area (TPSA) is 66.1 Å². The number of rotatable bonds is 7. The Morgan fingerprint density at radius 2 is 1.83 bits per heavy atom. The number of carbonyl (C=O) groups is 2. The second-order valence-electron chi connectivity index (χ2n) is 5.91. The predicted octanol–water partition coefficient (Wildman–Crippen LogP) is 2.83. The summed E-state index contributed by atoms with van der Waals surface area (Å²) in [6, 6.07) is 5.38. The minimum atomic E-state index is -0.382. The Kier molecular flexibility index (Phi) is 5.84. The fourth-order valence-electron chi connectivity index (χ4n) is 2.54. The molecule has 0 spiro atoms. The van der Waals surface area contributed by atoms with E-state index in [4.69, 9.17) is 0 Å². The number of hydrogen-bond acceptors (Lipinski definition) is 3. The molecule has 128 valence electrons. The first-order chi connectivity index (χ1) is 11.4. The molecule has 0 bridgehead atoms. The molecule has 1 amide bonds. The van der Waals surface area contributed by atoms with E-state index in [1.807, 2.05) is 13.8 Å². The molecule has 0 saturated heterocycles. The van der Waals surface area contributed by atoms with E-state index >= 15 is 0 Å². The summed E-state index contributed by atoms with van der Waals surface area (Å²) in [7, 11) is 1.73. The lowest BCUT2D eigenvalue weighted by Gasteiger charge is -2.17. The molecule has 5 nitrogen and oxygen atoms in total. The second-order valence-corrected chi connectivity index (χ2v) is 5.91. The number of benzene rings is 1. The molecule has 0 radical (unpaired) electrons. The van der Waals surface area contributed by atoms with Crippen LogP contribution in [0.2, 0.25) is 0 Å². The second kappa shape index (κ2) is 7.86. The molecule has 0 atom stereocenters. The molecule has 1 aromatic heterocycles. The van der Waals surface area contributed by atoms with E-state index in [1.54, 1.807) is 11.9 Å². The largest absolute Gasteiger partial charge is 0.345 e. The highest BCUT2D eigenvalue weighted by Gasteiger charge is 2.14. The van der Waals surface area contributed by atoms with Gasteiger partial charge in [-0.25, -0.2) is 4.39 Å². The number of Topliss-reactive ketones (excluding diaryl/α,β-unsaturated/α-hetero) is 1. The van der Waals surface area contributed by atoms with Crippen molar-refractivity contribution in [3.8, 4) is 0 Å². The Balaban J connectivity index is 1.81. The fraction of sp³-hybridized carbons (Fsp3) is 0.389. The van der Waals surface area contributed by atoms with Crippen molar-refractivity contribution >= 4 is 11.7 Å². The number of halogens is 1. The number of aromatic nitrogens is 2. The summed E-state index contributed by atoms with van der Waals surface area (Å²) in [5.74, 6) is -0.616. The Morgan fingerprint density at radius 1 is 1.17 bits per heavy atom. The molecule has 0 fully saturated rings. The van der Waals surface area contributed by atoms with Crippen LogP contribution in [0.15, 0.2) is 24.3 Å². The molecule has 1 aromatic carbocycles. The Hall–Kier alpha value is -2.50. The Labute approximate surface area is 140 Å². The Morgan fingerprint density at radius 3 is 2.42 bits per heavy atom. The summed E-state index contributed by atoms with van der Waals surface area (Å²) in [5.41, 5.74) is 3.51. The van der Waals surface area contributed by atoms with Gasteiger partial charge in [0.1, 0.15) is 5.82 Å². The highest BCUT2D eigenvalue weighted by Crippen LogP contribution is 2.12. The van der Waals surface area contributed by atoms with Crippen molar-refractivity contribution in [1.82, 2.24) is 15.1 Å². The molecular weight excluding hydrogens is 309 g/mol.